The smallest absolute Gasteiger partial charge is 0.338 e. The van der Waals surface area contributed by atoms with Crippen LogP contribution in [0.2, 0.25) is 0 Å². The van der Waals surface area contributed by atoms with E-state index in [0.717, 1.165) is 5.69 Å². The molecular formula is C15H16N2O2S. The quantitative estimate of drug-likeness (QED) is 0.587. The number of carbonyl (C=O) groups excluding carboxylic acids is 1. The van der Waals surface area contributed by atoms with Crippen LogP contribution in [0.15, 0.2) is 52.0 Å². The normalized spacial score (nSPS) is 12.5. The summed E-state index contributed by atoms with van der Waals surface area (Å²) < 4.78 is 4.92. The van der Waals surface area contributed by atoms with Gasteiger partial charge in [0, 0.05) is 4.88 Å². The third kappa shape index (κ3) is 3.74. The Morgan fingerprint density at radius 1 is 1.30 bits per heavy atom. The molecule has 1 heterocycles. The molecule has 0 saturated carbocycles. The van der Waals surface area contributed by atoms with E-state index in [2.05, 4.69) is 10.2 Å². The Labute approximate surface area is 122 Å². The topological polar surface area (TPSA) is 51.0 Å². The first-order valence-corrected chi connectivity index (χ1v) is 7.30. The summed E-state index contributed by atoms with van der Waals surface area (Å²) in [6, 6.07) is 11.0. The highest BCUT2D eigenvalue weighted by Crippen LogP contribution is 2.24. The molecule has 2 rings (SSSR count). The van der Waals surface area contributed by atoms with Crippen molar-refractivity contribution in [2.75, 3.05) is 6.61 Å². The Balaban J connectivity index is 2.02. The highest BCUT2D eigenvalue weighted by Gasteiger charge is 2.06. The molecule has 0 fully saturated rings. The molecule has 0 spiro atoms. The van der Waals surface area contributed by atoms with Gasteiger partial charge >= 0.3 is 5.97 Å². The summed E-state index contributed by atoms with van der Waals surface area (Å²) in [5.41, 5.74) is 1.25. The lowest BCUT2D eigenvalue weighted by atomic mass is 10.2. The summed E-state index contributed by atoms with van der Waals surface area (Å²) in [7, 11) is 0. The van der Waals surface area contributed by atoms with Crippen molar-refractivity contribution in [3.63, 3.8) is 0 Å². The number of hydrogen-bond acceptors (Lipinski definition) is 5. The Hall–Kier alpha value is -2.01. The largest absolute Gasteiger partial charge is 0.462 e. The van der Waals surface area contributed by atoms with Crippen LogP contribution >= 0.6 is 11.3 Å². The molecule has 2 aromatic rings. The van der Waals surface area contributed by atoms with Gasteiger partial charge in [0.15, 0.2) is 0 Å². The lowest BCUT2D eigenvalue weighted by molar-refractivity contribution is 0.0526. The standard InChI is InChI=1S/C15H16N2O2S/c1-3-19-15(18)12-6-8-13(9-7-12)17-16-11(2)14-5-4-10-20-14/h4-11H,3H2,1-2H3. The summed E-state index contributed by atoms with van der Waals surface area (Å²) in [6.45, 7) is 4.16. The predicted molar refractivity (Wildman–Crippen MR) is 79.6 cm³/mol. The molecule has 4 nitrogen and oxygen atoms in total. The van der Waals surface area contributed by atoms with E-state index >= 15 is 0 Å². The number of nitrogens with zero attached hydrogens (tertiary/aromatic N) is 2. The van der Waals surface area contributed by atoms with Crippen molar-refractivity contribution < 1.29 is 9.53 Å². The van der Waals surface area contributed by atoms with Gasteiger partial charge in [-0.15, -0.1) is 11.3 Å². The average Bonchev–Trinajstić information content (AvgIpc) is 3.00. The molecule has 0 N–H and O–H groups in total. The summed E-state index contributed by atoms with van der Waals surface area (Å²) in [5, 5.41) is 10.5. The molecule has 0 bridgehead atoms. The van der Waals surface area contributed by atoms with Gasteiger partial charge in [-0.2, -0.15) is 10.2 Å². The minimum atomic E-state index is -0.317. The fraction of sp³-hybridized carbons (Fsp3) is 0.267. The lowest BCUT2D eigenvalue weighted by Gasteiger charge is -2.02. The van der Waals surface area contributed by atoms with E-state index in [1.165, 1.54) is 4.88 Å². The highest BCUT2D eigenvalue weighted by atomic mass is 32.1. The molecule has 0 amide bonds. The monoisotopic (exact) mass is 288 g/mol. The maximum atomic E-state index is 11.5. The number of benzene rings is 1. The number of ether oxygens (including phenoxy) is 1. The number of rotatable bonds is 5. The van der Waals surface area contributed by atoms with Gasteiger partial charge in [0.2, 0.25) is 0 Å². The highest BCUT2D eigenvalue weighted by molar-refractivity contribution is 7.10. The minimum Gasteiger partial charge on any atom is -0.462 e. The third-order valence-corrected chi connectivity index (χ3v) is 3.72. The van der Waals surface area contributed by atoms with Crippen molar-refractivity contribution in [1.29, 1.82) is 0 Å². The van der Waals surface area contributed by atoms with Crippen molar-refractivity contribution in [3.8, 4) is 0 Å². The second-order valence-corrected chi connectivity index (χ2v) is 5.15. The Kier molecular flexibility index (Phi) is 5.01. The maximum Gasteiger partial charge on any atom is 0.338 e. The molecule has 0 aliphatic rings. The lowest BCUT2D eigenvalue weighted by Crippen LogP contribution is -2.03. The number of thiophene rings is 1. The van der Waals surface area contributed by atoms with Crippen LogP contribution in [0, 0.1) is 0 Å². The van der Waals surface area contributed by atoms with Crippen molar-refractivity contribution in [3.05, 3.63) is 52.2 Å². The Morgan fingerprint density at radius 2 is 2.05 bits per heavy atom. The Morgan fingerprint density at radius 3 is 2.65 bits per heavy atom. The Bertz CT molecular complexity index is 576. The number of hydrogen-bond donors (Lipinski definition) is 0. The van der Waals surface area contributed by atoms with E-state index in [1.807, 2.05) is 24.4 Å². The van der Waals surface area contributed by atoms with Gasteiger partial charge in [0.25, 0.3) is 0 Å². The van der Waals surface area contributed by atoms with Crippen LogP contribution < -0.4 is 0 Å². The summed E-state index contributed by atoms with van der Waals surface area (Å²) in [6.07, 6.45) is 0. The number of azo groups is 1. The van der Waals surface area contributed by atoms with Crippen LogP contribution in [-0.2, 0) is 4.74 Å². The number of carbonyl (C=O) groups is 1. The minimum absolute atomic E-state index is 0.0414. The SMILES string of the molecule is CCOC(=O)c1ccc(N=NC(C)c2cccs2)cc1. The summed E-state index contributed by atoms with van der Waals surface area (Å²) in [5.74, 6) is -0.317. The van der Waals surface area contributed by atoms with Crippen molar-refractivity contribution in [2.45, 2.75) is 19.9 Å². The van der Waals surface area contributed by atoms with Gasteiger partial charge < -0.3 is 4.74 Å². The fourth-order valence-corrected chi connectivity index (χ4v) is 2.33. The molecule has 1 unspecified atom stereocenters. The molecule has 1 atom stereocenters. The second kappa shape index (κ2) is 6.96. The molecule has 0 saturated heterocycles. The third-order valence-electron chi connectivity index (χ3n) is 2.68. The van der Waals surface area contributed by atoms with Crippen LogP contribution in [0.4, 0.5) is 5.69 Å². The van der Waals surface area contributed by atoms with Gasteiger partial charge in [0.1, 0.15) is 6.04 Å². The first-order chi connectivity index (χ1) is 9.70. The van der Waals surface area contributed by atoms with E-state index in [-0.39, 0.29) is 12.0 Å². The molecule has 0 aliphatic heterocycles. The van der Waals surface area contributed by atoms with Crippen LogP contribution in [0.1, 0.15) is 35.1 Å². The predicted octanol–water partition coefficient (Wildman–Crippen LogP) is 4.77. The molecule has 104 valence electrons. The fourth-order valence-electron chi connectivity index (χ4n) is 1.62. The summed E-state index contributed by atoms with van der Waals surface area (Å²) in [4.78, 5) is 12.7. The van der Waals surface area contributed by atoms with Gasteiger partial charge in [-0.25, -0.2) is 4.79 Å². The second-order valence-electron chi connectivity index (χ2n) is 4.17. The van der Waals surface area contributed by atoms with Gasteiger partial charge in [-0.3, -0.25) is 0 Å². The molecule has 0 radical (unpaired) electrons. The summed E-state index contributed by atoms with van der Waals surface area (Å²) >= 11 is 1.66. The van der Waals surface area contributed by atoms with Crippen LogP contribution in [0.25, 0.3) is 0 Å². The molecule has 5 heteroatoms. The zero-order valence-corrected chi connectivity index (χ0v) is 12.3. The molecular weight excluding hydrogens is 272 g/mol. The van der Waals surface area contributed by atoms with Crippen LogP contribution in [0.5, 0.6) is 0 Å². The first kappa shape index (κ1) is 14.4. The van der Waals surface area contributed by atoms with Gasteiger partial charge in [-0.1, -0.05) is 6.07 Å². The van der Waals surface area contributed by atoms with E-state index in [1.54, 1.807) is 42.5 Å². The van der Waals surface area contributed by atoms with Crippen LogP contribution in [0.3, 0.4) is 0 Å². The van der Waals surface area contributed by atoms with Gasteiger partial charge in [0.05, 0.1) is 17.9 Å². The maximum absolute atomic E-state index is 11.5. The van der Waals surface area contributed by atoms with Crippen molar-refractivity contribution in [2.24, 2.45) is 10.2 Å². The van der Waals surface area contributed by atoms with E-state index in [0.29, 0.717) is 12.2 Å². The van der Waals surface area contributed by atoms with Crippen molar-refractivity contribution in [1.82, 2.24) is 0 Å². The van der Waals surface area contributed by atoms with E-state index in [4.69, 9.17) is 4.74 Å². The molecule has 0 aliphatic carbocycles. The van der Waals surface area contributed by atoms with E-state index in [9.17, 15) is 4.79 Å². The average molecular weight is 288 g/mol. The first-order valence-electron chi connectivity index (χ1n) is 6.42. The zero-order valence-electron chi connectivity index (χ0n) is 11.4. The van der Waals surface area contributed by atoms with Crippen molar-refractivity contribution >= 4 is 23.0 Å². The van der Waals surface area contributed by atoms with Gasteiger partial charge in [-0.05, 0) is 49.6 Å². The molecule has 1 aromatic carbocycles. The molecule has 20 heavy (non-hydrogen) atoms. The number of esters is 1. The molecule has 1 aromatic heterocycles. The van der Waals surface area contributed by atoms with Crippen LogP contribution in [-0.4, -0.2) is 12.6 Å². The van der Waals surface area contributed by atoms with E-state index < -0.39 is 0 Å². The zero-order chi connectivity index (χ0) is 14.4.